The van der Waals surface area contributed by atoms with E-state index in [1.54, 1.807) is 84.8 Å². The summed E-state index contributed by atoms with van der Waals surface area (Å²) in [4.78, 5) is 85.5. The smallest absolute Gasteiger partial charge is 0.275 e. The Morgan fingerprint density at radius 2 is 0.960 bits per heavy atom. The summed E-state index contributed by atoms with van der Waals surface area (Å²) in [5, 5.41) is 20.7. The van der Waals surface area contributed by atoms with Gasteiger partial charge in [0.2, 0.25) is 17.8 Å². The molecule has 2 fully saturated rings. The third kappa shape index (κ3) is 12.1. The Hall–Kier alpha value is -12.0. The number of morpholine rings is 1. The number of anilines is 6. The van der Waals surface area contributed by atoms with Gasteiger partial charge in [-0.1, -0.05) is 54.6 Å². The van der Waals surface area contributed by atoms with Crippen molar-refractivity contribution in [2.24, 2.45) is 21.1 Å². The molecule has 13 heterocycles. The van der Waals surface area contributed by atoms with Gasteiger partial charge < -0.3 is 48.9 Å². The Morgan fingerprint density at radius 3 is 1.42 bits per heavy atom. The van der Waals surface area contributed by atoms with Crippen LogP contribution in [-0.4, -0.2) is 177 Å². The molecule has 17 rings (SSSR count). The molecule has 15 aromatic rings. The van der Waals surface area contributed by atoms with Crippen LogP contribution in [0.1, 0.15) is 10.4 Å². The number of hydrogen-bond donors (Lipinski definition) is 3. The zero-order chi connectivity index (χ0) is 68.2. The van der Waals surface area contributed by atoms with Crippen molar-refractivity contribution in [2.75, 3.05) is 89.1 Å². The minimum atomic E-state index is -2.49. The summed E-state index contributed by atoms with van der Waals surface area (Å²) < 4.78 is 49.3. The Kier molecular flexibility index (Phi) is 16.7. The zero-order valence-electron chi connectivity index (χ0n) is 54.5. The van der Waals surface area contributed by atoms with Gasteiger partial charge in [-0.3, -0.25) is 46.6 Å². The van der Waals surface area contributed by atoms with E-state index in [2.05, 4.69) is 62.9 Å². The molecule has 3 N–H and O–H groups in total. The zero-order valence-corrected chi connectivity index (χ0v) is 54.5. The molecule has 30 heteroatoms. The van der Waals surface area contributed by atoms with E-state index in [-0.39, 0.29) is 28.5 Å². The Bertz CT molecular complexity index is 5820. The fraction of sp³-hybridized carbons (Fsp3) is 0.246. The Labute approximate surface area is 560 Å². The monoisotopic (exact) mass is 1340 g/mol. The number of hydrogen-bond acceptors (Lipinski definition) is 19. The van der Waals surface area contributed by atoms with Gasteiger partial charge in [0.15, 0.2) is 16.9 Å². The molecule has 2 saturated heterocycles. The highest BCUT2D eigenvalue weighted by Crippen LogP contribution is 2.31. The molecule has 0 aliphatic carbocycles. The average molecular weight is 1340 g/mol. The van der Waals surface area contributed by atoms with Gasteiger partial charge in [0.05, 0.1) is 91.5 Å². The number of fused-ring (bicyclic) bond motifs is 15. The number of ether oxygens (including phenoxy) is 2. The molecule has 99 heavy (non-hydrogen) atoms. The molecule has 28 nitrogen and oxygen atoms in total. The van der Waals surface area contributed by atoms with E-state index in [0.717, 1.165) is 95.6 Å². The number of methoxy groups -OCH3 is 1. The van der Waals surface area contributed by atoms with Gasteiger partial charge in [-0.05, 0) is 61.6 Å². The lowest BCUT2D eigenvalue weighted by Gasteiger charge is -2.32. The van der Waals surface area contributed by atoms with E-state index < -0.39 is 13.0 Å². The number of amides is 1. The summed E-state index contributed by atoms with van der Waals surface area (Å²) in [5.74, 6) is 1.57. The molecule has 0 unspecified atom stereocenters. The summed E-state index contributed by atoms with van der Waals surface area (Å²) in [6.45, 7) is 7.88. The fourth-order valence-corrected chi connectivity index (χ4v) is 12.7. The Morgan fingerprint density at radius 1 is 0.515 bits per heavy atom. The van der Waals surface area contributed by atoms with Crippen LogP contribution in [0.15, 0.2) is 167 Å². The molecule has 0 saturated carbocycles. The van der Waals surface area contributed by atoms with Crippen LogP contribution in [0.3, 0.4) is 0 Å². The van der Waals surface area contributed by atoms with Crippen LogP contribution in [0, 0.1) is 0 Å². The first-order valence-electron chi connectivity index (χ1n) is 32.0. The average Bonchev–Trinajstić information content (AvgIpc) is 1.65. The van der Waals surface area contributed by atoms with Crippen molar-refractivity contribution >= 4 is 124 Å². The van der Waals surface area contributed by atoms with Gasteiger partial charge in [0, 0.05) is 101 Å². The first-order valence-corrected chi connectivity index (χ1v) is 32.0. The molecular formula is C69H66F2N22O6. The van der Waals surface area contributed by atoms with Crippen molar-refractivity contribution in [1.29, 1.82) is 0 Å². The lowest BCUT2D eigenvalue weighted by molar-refractivity contribution is 0.0360. The second-order valence-corrected chi connectivity index (χ2v) is 24.2. The van der Waals surface area contributed by atoms with E-state index >= 15 is 0 Å². The molecule has 4 aromatic carbocycles. The quantitative estimate of drug-likeness (QED) is 0.0992. The summed E-state index contributed by atoms with van der Waals surface area (Å²) in [5.41, 5.74) is 10.2. The van der Waals surface area contributed by atoms with E-state index in [4.69, 9.17) is 19.4 Å². The van der Waals surface area contributed by atoms with Gasteiger partial charge in [-0.2, -0.15) is 25.1 Å². The number of aryl methyl sites for hydroxylation is 3. The van der Waals surface area contributed by atoms with E-state index in [0.29, 0.717) is 97.7 Å². The van der Waals surface area contributed by atoms with Gasteiger partial charge >= 0.3 is 0 Å². The first kappa shape index (κ1) is 63.1. The molecule has 2 aliphatic heterocycles. The van der Waals surface area contributed by atoms with Crippen molar-refractivity contribution < 1.29 is 23.0 Å². The number of carbonyl (C=O) groups is 1. The van der Waals surface area contributed by atoms with Gasteiger partial charge in [0.1, 0.15) is 45.4 Å². The number of rotatable bonds is 13. The summed E-state index contributed by atoms with van der Waals surface area (Å²) in [6, 6.07) is 34.4. The topological polar surface area (TPSA) is 274 Å². The van der Waals surface area contributed by atoms with Gasteiger partial charge in [-0.25, -0.2) is 23.7 Å². The van der Waals surface area contributed by atoms with Crippen molar-refractivity contribution in [3.63, 3.8) is 0 Å². The molecule has 0 spiro atoms. The van der Waals surface area contributed by atoms with Crippen LogP contribution in [0.4, 0.5) is 43.7 Å². The molecule has 502 valence electrons. The number of benzene rings is 4. The number of nitrogens with zero attached hydrogens (tertiary/aromatic N) is 19. The standard InChI is InChI=1S/C27H27N7O3.C23H24N8O2.C19H15F2N7O/c1-31-10-12-33(13-11-31)25(35)18-8-9-19(23(15-18)37-3)29-27-28-16-22-24(30-27)34-20-7-5-4-6-17(20)14-21(34)26(36)32(22)2;1-28-20-14-24-23(26-17-13-25-30(15-17)7-6-29-8-10-33-11-9-29)27-21(20)31-18-5-3-2-4-16(18)12-19(31)22(28)32;1-26-15-8-22-19(24-12-7-23-27(9-12)10-16(20)21)25-17(15)28-13-5-3-2-4-11(13)6-14(28)18(26)29/h4-9,14-16H,10-13H2,1-3H3,(H,28,29,30);2-5,12-15H,6-11H2,1H3,(H,24,26,27);2-9,16H,10H2,1H3,(H,22,24,25). The lowest BCUT2D eigenvalue weighted by Crippen LogP contribution is -2.47. The number of likely N-dealkylation sites (N-methyl/N-ethyl adjacent to an activating group) is 1. The van der Waals surface area contributed by atoms with Crippen LogP contribution in [0.25, 0.3) is 82.8 Å². The van der Waals surface area contributed by atoms with Crippen molar-refractivity contribution in [3.05, 3.63) is 189 Å². The number of halogens is 2. The number of alkyl halides is 2. The fourth-order valence-electron chi connectivity index (χ4n) is 12.7. The number of aromatic nitrogens is 16. The predicted octanol–water partition coefficient (Wildman–Crippen LogP) is 7.82. The van der Waals surface area contributed by atoms with Crippen molar-refractivity contribution in [2.45, 2.75) is 19.5 Å². The molecule has 0 atom stereocenters. The first-order chi connectivity index (χ1) is 48.1. The minimum Gasteiger partial charge on any atom is -0.495 e. The van der Waals surface area contributed by atoms with Crippen molar-refractivity contribution in [3.8, 4) is 5.75 Å². The maximum atomic E-state index is 13.0. The third-order valence-corrected chi connectivity index (χ3v) is 18.0. The van der Waals surface area contributed by atoms with Crippen LogP contribution in [0.5, 0.6) is 5.75 Å². The highest BCUT2D eigenvalue weighted by Gasteiger charge is 2.24. The van der Waals surface area contributed by atoms with Crippen molar-refractivity contribution in [1.82, 2.24) is 91.1 Å². The molecule has 0 radical (unpaired) electrons. The van der Waals surface area contributed by atoms with Crippen LogP contribution in [-0.2, 0) is 39.0 Å². The van der Waals surface area contributed by atoms with Crippen LogP contribution >= 0.6 is 0 Å². The maximum absolute atomic E-state index is 13.0. The highest BCUT2D eigenvalue weighted by atomic mass is 19.3. The summed E-state index contributed by atoms with van der Waals surface area (Å²) in [6.07, 6.45) is 9.00. The largest absolute Gasteiger partial charge is 0.495 e. The number of para-hydroxylation sites is 3. The minimum absolute atomic E-state index is 0.0114. The lowest BCUT2D eigenvalue weighted by atomic mass is 10.1. The van der Waals surface area contributed by atoms with Crippen LogP contribution in [0.2, 0.25) is 0 Å². The molecule has 0 bridgehead atoms. The van der Waals surface area contributed by atoms with Gasteiger partial charge in [0.25, 0.3) is 29.0 Å². The Balaban J connectivity index is 0.000000122. The molecular weight excluding hydrogens is 1270 g/mol. The van der Waals surface area contributed by atoms with Gasteiger partial charge in [-0.15, -0.1) is 0 Å². The number of carbonyl (C=O) groups excluding carboxylic acids is 1. The molecule has 2 aliphatic rings. The second kappa shape index (κ2) is 26.2. The maximum Gasteiger partial charge on any atom is 0.275 e. The van der Waals surface area contributed by atoms with Crippen LogP contribution < -0.4 is 37.4 Å². The molecule has 1 amide bonds. The predicted molar refractivity (Wildman–Crippen MR) is 374 cm³/mol. The van der Waals surface area contributed by atoms with E-state index in [1.165, 1.54) is 17.0 Å². The van der Waals surface area contributed by atoms with E-state index in [9.17, 15) is 28.0 Å². The normalized spacial score (nSPS) is 13.9. The number of nitrogens with one attached hydrogen (secondary N) is 3. The molecule has 11 aromatic heterocycles. The SMILES string of the molecule is COc1cc(C(=O)N2CCN(C)CC2)ccc1Nc1ncc2c(n1)n1c(cc3ccccc31)c(=O)n2C.Cn1c(=O)c2cc3ccccc3n2c2nc(Nc3cnn(CC(F)F)c3)ncc21.Cn1c(=O)c2cc3ccccc3n2c2nc(Nc3cnn(CCN4CCOCC4)c3)ncc21. The highest BCUT2D eigenvalue weighted by molar-refractivity contribution is 5.97. The summed E-state index contributed by atoms with van der Waals surface area (Å²) >= 11 is 0. The third-order valence-electron chi connectivity index (χ3n) is 18.0. The number of piperazine rings is 1. The second-order valence-electron chi connectivity index (χ2n) is 24.2. The van der Waals surface area contributed by atoms with E-state index in [1.807, 2.05) is 116 Å². The summed E-state index contributed by atoms with van der Waals surface area (Å²) in [7, 11) is 8.77.